The van der Waals surface area contributed by atoms with Gasteiger partial charge >= 0.3 is 58.5 Å². The molecular weight excluding hydrogens is 205 g/mol. The molecule has 4 heteroatoms. The quantitative estimate of drug-likeness (QED) is 0.728. The molecule has 0 amide bonds. The summed E-state index contributed by atoms with van der Waals surface area (Å²) >= 11 is -0.935. The second kappa shape index (κ2) is 12.9. The molecule has 0 aliphatic carbocycles. The molecule has 0 aromatic carbocycles. The van der Waals surface area contributed by atoms with Gasteiger partial charge in [-0.25, -0.2) is 0 Å². The fraction of sp³-hybridized carbons (Fsp3) is 1.00. The van der Waals surface area contributed by atoms with E-state index in [1.807, 2.05) is 0 Å². The van der Waals surface area contributed by atoms with Gasteiger partial charge < -0.3 is 0 Å². The van der Waals surface area contributed by atoms with Gasteiger partial charge in [0.2, 0.25) is 0 Å². The van der Waals surface area contributed by atoms with Crippen LogP contribution in [-0.4, -0.2) is 0 Å². The molecule has 0 aliphatic heterocycles. The molecule has 0 saturated heterocycles. The Morgan fingerprint density at radius 2 is 1.30 bits per heavy atom. The zero-order valence-electron chi connectivity index (χ0n) is 6.72. The van der Waals surface area contributed by atoms with Crippen molar-refractivity contribution in [3.63, 3.8) is 0 Å². The molecule has 0 bridgehead atoms. The molecule has 1 nitrogen and oxygen atoms in total. The van der Waals surface area contributed by atoms with Gasteiger partial charge in [-0.15, -0.1) is 24.8 Å². The van der Waals surface area contributed by atoms with Crippen LogP contribution in [0.4, 0.5) is 0 Å². The minimum absolute atomic E-state index is 0. The summed E-state index contributed by atoms with van der Waals surface area (Å²) in [6, 6.07) is 0. The zero-order chi connectivity index (χ0) is 6.41. The SMILES string of the molecule is CC[CH2][Ti]([NH2])[CH2]CC.Cl.Cl. The number of nitrogens with two attached hydrogens (primary N) is 1. The smallest absolute Gasteiger partial charge is 0.147 e. The minimum atomic E-state index is -0.935. The maximum Gasteiger partial charge on any atom is -0.147 e. The van der Waals surface area contributed by atoms with Crippen LogP contribution in [0, 0.1) is 0 Å². The molecule has 0 aliphatic rings. The van der Waals surface area contributed by atoms with E-state index in [9.17, 15) is 0 Å². The van der Waals surface area contributed by atoms with Crippen molar-refractivity contribution in [1.82, 2.24) is 0 Å². The van der Waals surface area contributed by atoms with Crippen LogP contribution in [0.5, 0.6) is 0 Å². The average Bonchev–Trinajstić information content (AvgIpc) is 1.68. The van der Waals surface area contributed by atoms with Crippen LogP contribution >= 0.6 is 24.8 Å². The Morgan fingerprint density at radius 1 is 1.00 bits per heavy atom. The second-order valence-corrected chi connectivity index (χ2v) is 5.78. The van der Waals surface area contributed by atoms with Gasteiger partial charge in [-0.05, 0) is 0 Å². The Balaban J connectivity index is -0.000000245. The van der Waals surface area contributed by atoms with Crippen LogP contribution in [0.25, 0.3) is 0 Å². The molecule has 10 heavy (non-hydrogen) atoms. The first-order valence-corrected chi connectivity index (χ1v) is 6.52. The van der Waals surface area contributed by atoms with Gasteiger partial charge in [0, 0.05) is 0 Å². The van der Waals surface area contributed by atoms with E-state index >= 15 is 0 Å². The summed E-state index contributed by atoms with van der Waals surface area (Å²) in [5, 5.41) is 0. The molecule has 0 heterocycles. The van der Waals surface area contributed by atoms with Crippen molar-refractivity contribution in [1.29, 1.82) is 0 Å². The van der Waals surface area contributed by atoms with E-state index in [0.29, 0.717) is 0 Å². The number of hydrogen-bond donors (Lipinski definition) is 1. The molecule has 0 radical (unpaired) electrons. The molecule has 0 aromatic rings. The van der Waals surface area contributed by atoms with E-state index < -0.39 is 18.1 Å². The summed E-state index contributed by atoms with van der Waals surface area (Å²) in [4.78, 5) is 0. The molecule has 0 spiro atoms. The van der Waals surface area contributed by atoms with Crippen molar-refractivity contribution < 1.29 is 18.1 Å². The predicted octanol–water partition coefficient (Wildman–Crippen LogP) is 2.98. The first-order valence-electron chi connectivity index (χ1n) is 3.41. The predicted molar refractivity (Wildman–Crippen MR) is 48.9 cm³/mol. The summed E-state index contributed by atoms with van der Waals surface area (Å²) in [5.41, 5.74) is 0. The molecule has 0 atom stereocenters. The first-order chi connectivity index (χ1) is 3.81. The van der Waals surface area contributed by atoms with Gasteiger partial charge in [0.05, 0.1) is 0 Å². The van der Waals surface area contributed by atoms with E-state index in [-0.39, 0.29) is 24.8 Å². The number of rotatable bonds is 4. The maximum atomic E-state index is 5.86. The summed E-state index contributed by atoms with van der Waals surface area (Å²) < 4.78 is 8.57. The molecular formula is C6H18Cl2NTi. The van der Waals surface area contributed by atoms with Crippen LogP contribution in [0.15, 0.2) is 0 Å². The Kier molecular flexibility index (Phi) is 22.4. The van der Waals surface area contributed by atoms with Crippen LogP contribution in [-0.2, 0) is 18.1 Å². The van der Waals surface area contributed by atoms with Crippen LogP contribution in [0.2, 0.25) is 9.45 Å². The second-order valence-electron chi connectivity index (χ2n) is 2.16. The van der Waals surface area contributed by atoms with Crippen LogP contribution in [0.1, 0.15) is 26.7 Å². The van der Waals surface area contributed by atoms with Crippen molar-refractivity contribution in [2.75, 3.05) is 0 Å². The van der Waals surface area contributed by atoms with E-state index in [1.165, 1.54) is 22.3 Å². The first kappa shape index (κ1) is 17.4. The fourth-order valence-electron chi connectivity index (χ4n) is 0.767. The van der Waals surface area contributed by atoms with E-state index in [4.69, 9.17) is 4.22 Å². The van der Waals surface area contributed by atoms with Gasteiger partial charge in [0.1, 0.15) is 0 Å². The van der Waals surface area contributed by atoms with Crippen molar-refractivity contribution in [3.05, 3.63) is 0 Å². The van der Waals surface area contributed by atoms with Crippen molar-refractivity contribution in [2.24, 2.45) is 4.22 Å². The molecule has 0 saturated carbocycles. The molecule has 0 aromatic heterocycles. The van der Waals surface area contributed by atoms with E-state index in [0.717, 1.165) is 0 Å². The van der Waals surface area contributed by atoms with Crippen molar-refractivity contribution in [3.8, 4) is 0 Å². The van der Waals surface area contributed by atoms with Gasteiger partial charge in [0.25, 0.3) is 0 Å². The third-order valence-corrected chi connectivity index (χ3v) is 4.71. The summed E-state index contributed by atoms with van der Waals surface area (Å²) in [5.74, 6) is 0. The maximum absolute atomic E-state index is 5.86. The zero-order valence-corrected chi connectivity index (χ0v) is 9.92. The number of hydrogen-bond acceptors (Lipinski definition) is 1. The summed E-state index contributed by atoms with van der Waals surface area (Å²) in [6.07, 6.45) is 2.59. The molecule has 2 N–H and O–H groups in total. The third-order valence-electron chi connectivity index (χ3n) is 1.14. The average molecular weight is 223 g/mol. The largest absolute Gasteiger partial charge is 0.147 e. The van der Waals surface area contributed by atoms with E-state index in [1.54, 1.807) is 0 Å². The molecule has 0 rings (SSSR count). The summed E-state index contributed by atoms with van der Waals surface area (Å²) in [6.45, 7) is 4.44. The fourth-order valence-corrected chi connectivity index (χ4v) is 3.16. The normalized spacial score (nSPS) is 7.50. The minimum Gasteiger partial charge on any atom is -0.147 e. The molecule has 0 unspecified atom stereocenters. The van der Waals surface area contributed by atoms with Gasteiger partial charge in [0.15, 0.2) is 0 Å². The van der Waals surface area contributed by atoms with Gasteiger partial charge in [-0.2, -0.15) is 0 Å². The van der Waals surface area contributed by atoms with Crippen molar-refractivity contribution >= 4 is 24.8 Å². The van der Waals surface area contributed by atoms with Crippen LogP contribution in [0.3, 0.4) is 0 Å². The van der Waals surface area contributed by atoms with Gasteiger partial charge in [-0.3, -0.25) is 0 Å². The van der Waals surface area contributed by atoms with Gasteiger partial charge in [-0.1, -0.05) is 0 Å². The Morgan fingerprint density at radius 3 is 1.50 bits per heavy atom. The molecule has 0 fully saturated rings. The monoisotopic (exact) mass is 222 g/mol. The Hall–Kier alpha value is 1.25. The topological polar surface area (TPSA) is 26.0 Å². The Bertz CT molecular complexity index is 49.0. The van der Waals surface area contributed by atoms with E-state index in [2.05, 4.69) is 13.8 Å². The molecule has 65 valence electrons. The summed E-state index contributed by atoms with van der Waals surface area (Å²) in [7, 11) is 0. The standard InChI is InChI=1S/2C3H7.2ClH.H2N.Ti/c2*1-3-2;;;;/h2*1,3H2,2H3;2*1H;1H2;/q;;;;-1;+1. The number of halogens is 2. The van der Waals surface area contributed by atoms with Crippen LogP contribution < -0.4 is 4.22 Å². The Labute approximate surface area is 83.1 Å². The van der Waals surface area contributed by atoms with Crippen molar-refractivity contribution in [2.45, 2.75) is 36.1 Å². The third kappa shape index (κ3) is 12.0.